The van der Waals surface area contributed by atoms with Crippen molar-refractivity contribution in [3.63, 3.8) is 0 Å². The lowest BCUT2D eigenvalue weighted by molar-refractivity contribution is 0.121. The van der Waals surface area contributed by atoms with Crippen LogP contribution in [0.1, 0.15) is 37.3 Å². The van der Waals surface area contributed by atoms with Crippen LogP contribution in [0.5, 0.6) is 0 Å². The molecule has 1 aliphatic rings. The van der Waals surface area contributed by atoms with Crippen molar-refractivity contribution in [3.05, 3.63) is 35.4 Å². The summed E-state index contributed by atoms with van der Waals surface area (Å²) in [7, 11) is 1.66. The molecule has 0 radical (unpaired) electrons. The number of amides is 2. The molecular weight excluding hydrogens is 280 g/mol. The summed E-state index contributed by atoms with van der Waals surface area (Å²) in [6.45, 7) is 3.13. The lowest BCUT2D eigenvalue weighted by Gasteiger charge is -2.30. The SMILES string of the molecule is COCc1ccccc1CNC(=O)NC1CCCC1(C)CO. The summed E-state index contributed by atoms with van der Waals surface area (Å²) in [5.41, 5.74) is 1.92. The van der Waals surface area contributed by atoms with Gasteiger partial charge in [0.25, 0.3) is 0 Å². The predicted molar refractivity (Wildman–Crippen MR) is 85.4 cm³/mol. The highest BCUT2D eigenvalue weighted by Crippen LogP contribution is 2.37. The number of aliphatic hydroxyl groups excluding tert-OH is 1. The largest absolute Gasteiger partial charge is 0.396 e. The molecule has 0 saturated heterocycles. The third kappa shape index (κ3) is 3.99. The van der Waals surface area contributed by atoms with Crippen LogP contribution in [-0.4, -0.2) is 30.9 Å². The molecule has 5 heteroatoms. The van der Waals surface area contributed by atoms with Crippen molar-refractivity contribution < 1.29 is 14.6 Å². The number of hydrogen-bond acceptors (Lipinski definition) is 3. The van der Waals surface area contributed by atoms with E-state index < -0.39 is 0 Å². The molecule has 0 aliphatic heterocycles. The number of rotatable bonds is 6. The molecule has 1 fully saturated rings. The predicted octanol–water partition coefficient (Wildman–Crippen LogP) is 2.18. The summed E-state index contributed by atoms with van der Waals surface area (Å²) >= 11 is 0. The Bertz CT molecular complexity index is 506. The van der Waals surface area contributed by atoms with Gasteiger partial charge in [-0.05, 0) is 24.0 Å². The minimum absolute atomic E-state index is 0.0340. The zero-order valence-corrected chi connectivity index (χ0v) is 13.4. The molecule has 1 saturated carbocycles. The van der Waals surface area contributed by atoms with Crippen LogP contribution in [0.2, 0.25) is 0 Å². The van der Waals surface area contributed by atoms with E-state index in [0.717, 1.165) is 30.4 Å². The molecule has 3 N–H and O–H groups in total. The summed E-state index contributed by atoms with van der Waals surface area (Å²) in [6.07, 6.45) is 2.91. The summed E-state index contributed by atoms with van der Waals surface area (Å²) in [4.78, 5) is 12.1. The summed E-state index contributed by atoms with van der Waals surface area (Å²) < 4.78 is 5.17. The fourth-order valence-electron chi connectivity index (χ4n) is 3.08. The van der Waals surface area contributed by atoms with Crippen LogP contribution in [0.25, 0.3) is 0 Å². The standard InChI is InChI=1S/C17H26N2O3/c1-17(12-20)9-5-8-15(17)19-16(21)18-10-13-6-3-4-7-14(13)11-22-2/h3-4,6-7,15,20H,5,8-12H2,1-2H3,(H2,18,19,21). The summed E-state index contributed by atoms with van der Waals surface area (Å²) in [6, 6.07) is 7.75. The van der Waals surface area contributed by atoms with Crippen molar-refractivity contribution in [2.45, 2.75) is 45.4 Å². The normalized spacial score (nSPS) is 24.2. The average molecular weight is 306 g/mol. The molecule has 0 bridgehead atoms. The van der Waals surface area contributed by atoms with Gasteiger partial charge in [-0.15, -0.1) is 0 Å². The second kappa shape index (κ2) is 7.61. The molecule has 1 aromatic carbocycles. The van der Waals surface area contributed by atoms with E-state index in [1.165, 1.54) is 0 Å². The molecule has 0 aromatic heterocycles. The smallest absolute Gasteiger partial charge is 0.315 e. The maximum Gasteiger partial charge on any atom is 0.315 e. The van der Waals surface area contributed by atoms with E-state index in [9.17, 15) is 9.90 Å². The average Bonchev–Trinajstić information content (AvgIpc) is 2.88. The molecule has 0 heterocycles. The first-order valence-corrected chi connectivity index (χ1v) is 7.80. The van der Waals surface area contributed by atoms with Gasteiger partial charge in [0, 0.05) is 25.1 Å². The Morgan fingerprint density at radius 1 is 1.41 bits per heavy atom. The lowest BCUT2D eigenvalue weighted by Crippen LogP contribution is -2.48. The van der Waals surface area contributed by atoms with Gasteiger partial charge in [0.15, 0.2) is 0 Å². The Hall–Kier alpha value is -1.59. The number of methoxy groups -OCH3 is 1. The monoisotopic (exact) mass is 306 g/mol. The van der Waals surface area contributed by atoms with E-state index in [4.69, 9.17) is 4.74 Å². The number of hydrogen-bond donors (Lipinski definition) is 3. The topological polar surface area (TPSA) is 70.6 Å². The van der Waals surface area contributed by atoms with Gasteiger partial charge >= 0.3 is 6.03 Å². The number of ether oxygens (including phenoxy) is 1. The van der Waals surface area contributed by atoms with Crippen molar-refractivity contribution in [2.24, 2.45) is 5.41 Å². The van der Waals surface area contributed by atoms with Crippen LogP contribution < -0.4 is 10.6 Å². The number of nitrogens with one attached hydrogen (secondary N) is 2. The van der Waals surface area contributed by atoms with E-state index in [1.807, 2.05) is 31.2 Å². The molecule has 1 aromatic rings. The number of carbonyl (C=O) groups excluding carboxylic acids is 1. The van der Waals surface area contributed by atoms with Crippen LogP contribution in [0.15, 0.2) is 24.3 Å². The minimum Gasteiger partial charge on any atom is -0.396 e. The van der Waals surface area contributed by atoms with Gasteiger partial charge in [-0.25, -0.2) is 4.79 Å². The Labute approximate surface area is 132 Å². The molecular formula is C17H26N2O3. The van der Waals surface area contributed by atoms with Gasteiger partial charge < -0.3 is 20.5 Å². The van der Waals surface area contributed by atoms with Crippen molar-refractivity contribution in [2.75, 3.05) is 13.7 Å². The fourth-order valence-corrected chi connectivity index (χ4v) is 3.08. The van der Waals surface area contributed by atoms with E-state index in [0.29, 0.717) is 13.2 Å². The van der Waals surface area contributed by atoms with Crippen LogP contribution in [0, 0.1) is 5.41 Å². The third-order valence-corrected chi connectivity index (χ3v) is 4.61. The third-order valence-electron chi connectivity index (χ3n) is 4.61. The Balaban J connectivity index is 1.88. The first-order chi connectivity index (χ1) is 10.6. The van der Waals surface area contributed by atoms with E-state index in [-0.39, 0.29) is 24.1 Å². The zero-order valence-electron chi connectivity index (χ0n) is 13.4. The molecule has 5 nitrogen and oxygen atoms in total. The van der Waals surface area contributed by atoms with Gasteiger partial charge in [-0.1, -0.05) is 37.6 Å². The first kappa shape index (κ1) is 16.8. The Morgan fingerprint density at radius 3 is 2.82 bits per heavy atom. The highest BCUT2D eigenvalue weighted by atomic mass is 16.5. The van der Waals surface area contributed by atoms with E-state index >= 15 is 0 Å². The molecule has 22 heavy (non-hydrogen) atoms. The summed E-state index contributed by atoms with van der Waals surface area (Å²) in [5.74, 6) is 0. The number of aliphatic hydroxyl groups is 1. The summed E-state index contributed by atoms with van der Waals surface area (Å²) in [5, 5.41) is 15.4. The second-order valence-electron chi connectivity index (χ2n) is 6.29. The van der Waals surface area contributed by atoms with Gasteiger partial charge in [0.2, 0.25) is 0 Å². The van der Waals surface area contributed by atoms with Gasteiger partial charge in [-0.2, -0.15) is 0 Å². The van der Waals surface area contributed by atoms with E-state index in [1.54, 1.807) is 7.11 Å². The van der Waals surface area contributed by atoms with Crippen LogP contribution in [0.3, 0.4) is 0 Å². The fraction of sp³-hybridized carbons (Fsp3) is 0.588. The molecule has 2 atom stereocenters. The quantitative estimate of drug-likeness (QED) is 0.754. The van der Waals surface area contributed by atoms with Crippen LogP contribution in [0.4, 0.5) is 4.79 Å². The molecule has 2 rings (SSSR count). The van der Waals surface area contributed by atoms with Crippen molar-refractivity contribution in [1.82, 2.24) is 10.6 Å². The maximum atomic E-state index is 12.1. The lowest BCUT2D eigenvalue weighted by atomic mass is 9.86. The number of urea groups is 1. The maximum absolute atomic E-state index is 12.1. The Morgan fingerprint density at radius 2 is 2.14 bits per heavy atom. The van der Waals surface area contributed by atoms with Crippen molar-refractivity contribution in [1.29, 1.82) is 0 Å². The minimum atomic E-state index is -0.203. The highest BCUT2D eigenvalue weighted by molar-refractivity contribution is 5.74. The first-order valence-electron chi connectivity index (χ1n) is 7.80. The van der Waals surface area contributed by atoms with Gasteiger partial charge in [0.1, 0.15) is 0 Å². The zero-order chi connectivity index (χ0) is 16.0. The number of benzene rings is 1. The molecule has 1 aliphatic carbocycles. The Kier molecular flexibility index (Phi) is 5.80. The van der Waals surface area contributed by atoms with Gasteiger partial charge in [-0.3, -0.25) is 0 Å². The van der Waals surface area contributed by atoms with Crippen LogP contribution in [-0.2, 0) is 17.9 Å². The highest BCUT2D eigenvalue weighted by Gasteiger charge is 2.39. The number of carbonyl (C=O) groups is 1. The second-order valence-corrected chi connectivity index (χ2v) is 6.29. The van der Waals surface area contributed by atoms with Crippen molar-refractivity contribution >= 4 is 6.03 Å². The van der Waals surface area contributed by atoms with Crippen LogP contribution >= 0.6 is 0 Å². The molecule has 2 amide bonds. The van der Waals surface area contributed by atoms with Gasteiger partial charge in [0.05, 0.1) is 13.2 Å². The molecule has 0 spiro atoms. The van der Waals surface area contributed by atoms with Crippen molar-refractivity contribution in [3.8, 4) is 0 Å². The molecule has 122 valence electrons. The van der Waals surface area contributed by atoms with E-state index in [2.05, 4.69) is 10.6 Å². The molecule has 2 unspecified atom stereocenters.